The maximum Gasteiger partial charge on any atom is 0.322 e. The van der Waals surface area contributed by atoms with E-state index in [-0.39, 0.29) is 31.4 Å². The number of hydrogen-bond acceptors (Lipinski definition) is 4. The Hall–Kier alpha value is -3.36. The van der Waals surface area contributed by atoms with Crippen molar-refractivity contribution in [3.8, 4) is 0 Å². The van der Waals surface area contributed by atoms with E-state index in [2.05, 4.69) is 5.32 Å². The monoisotopic (exact) mass is 501 g/mol. The Labute approximate surface area is 209 Å². The first kappa shape index (κ1) is 26.2. The van der Waals surface area contributed by atoms with E-state index < -0.39 is 6.03 Å². The molecule has 1 N–H and O–H groups in total. The molecular formula is C26H29ClFN3O4. The number of urea groups is 1. The van der Waals surface area contributed by atoms with E-state index in [4.69, 9.17) is 20.8 Å². The van der Waals surface area contributed by atoms with Gasteiger partial charge in [0.25, 0.3) is 0 Å². The number of amides is 3. The van der Waals surface area contributed by atoms with Crippen LogP contribution in [0.25, 0.3) is 0 Å². The van der Waals surface area contributed by atoms with Gasteiger partial charge in [-0.2, -0.15) is 0 Å². The molecule has 0 radical (unpaired) electrons. The summed E-state index contributed by atoms with van der Waals surface area (Å²) < 4.78 is 24.2. The topological polar surface area (TPSA) is 75.0 Å². The zero-order chi connectivity index (χ0) is 25.0. The molecule has 3 aromatic rings. The normalized spacial score (nSPS) is 10.7. The molecule has 0 spiro atoms. The van der Waals surface area contributed by atoms with Crippen LogP contribution in [0.1, 0.15) is 24.7 Å². The lowest BCUT2D eigenvalue weighted by atomic mass is 10.2. The molecule has 35 heavy (non-hydrogen) atoms. The maximum atomic E-state index is 13.4. The van der Waals surface area contributed by atoms with Gasteiger partial charge in [-0.15, -0.1) is 0 Å². The number of nitrogens with zero attached hydrogens (tertiary/aromatic N) is 2. The Balaban J connectivity index is 1.73. The second-order valence-corrected chi connectivity index (χ2v) is 8.30. The molecule has 0 fully saturated rings. The molecule has 0 aliphatic rings. The van der Waals surface area contributed by atoms with Crippen LogP contribution in [0, 0.1) is 5.82 Å². The summed E-state index contributed by atoms with van der Waals surface area (Å²) in [5.41, 5.74) is 1.33. The van der Waals surface area contributed by atoms with Crippen molar-refractivity contribution in [3.63, 3.8) is 0 Å². The van der Waals surface area contributed by atoms with Crippen LogP contribution in [-0.4, -0.2) is 48.0 Å². The zero-order valence-corrected chi connectivity index (χ0v) is 20.3. The number of ether oxygens (including phenoxy) is 1. The summed E-state index contributed by atoms with van der Waals surface area (Å²) in [4.78, 5) is 29.5. The molecule has 186 valence electrons. The van der Waals surface area contributed by atoms with Crippen molar-refractivity contribution in [3.05, 3.63) is 89.1 Å². The second kappa shape index (κ2) is 13.5. The van der Waals surface area contributed by atoms with Gasteiger partial charge in [-0.25, -0.2) is 9.18 Å². The molecule has 9 heteroatoms. The highest BCUT2D eigenvalue weighted by Gasteiger charge is 2.22. The minimum absolute atomic E-state index is 0.145. The first-order valence-corrected chi connectivity index (χ1v) is 11.8. The number of nitrogens with one attached hydrogen (secondary N) is 1. The summed E-state index contributed by atoms with van der Waals surface area (Å²) in [6, 6.07) is 15.8. The summed E-state index contributed by atoms with van der Waals surface area (Å²) in [5, 5.41) is 3.37. The highest BCUT2D eigenvalue weighted by atomic mass is 35.5. The number of furan rings is 1. The summed E-state index contributed by atoms with van der Waals surface area (Å²) >= 11 is 5.93. The van der Waals surface area contributed by atoms with Gasteiger partial charge in [0.2, 0.25) is 5.91 Å². The summed E-state index contributed by atoms with van der Waals surface area (Å²) in [6.07, 6.45) is 2.11. The third-order valence-corrected chi connectivity index (χ3v) is 5.45. The van der Waals surface area contributed by atoms with Crippen molar-refractivity contribution in [2.45, 2.75) is 26.4 Å². The Morgan fingerprint density at radius 3 is 2.43 bits per heavy atom. The van der Waals surface area contributed by atoms with Crippen molar-refractivity contribution in [2.24, 2.45) is 0 Å². The number of rotatable bonds is 12. The van der Waals surface area contributed by atoms with Crippen LogP contribution in [0.4, 0.5) is 14.9 Å². The smallest absolute Gasteiger partial charge is 0.322 e. The number of halogens is 2. The van der Waals surface area contributed by atoms with Gasteiger partial charge in [-0.05, 0) is 67.4 Å². The fraction of sp³-hybridized carbons (Fsp3) is 0.308. The van der Waals surface area contributed by atoms with Gasteiger partial charge in [0.1, 0.15) is 18.1 Å². The minimum Gasteiger partial charge on any atom is -0.467 e. The molecule has 1 aromatic heterocycles. The van der Waals surface area contributed by atoms with Gasteiger partial charge in [-0.3, -0.25) is 4.79 Å². The van der Waals surface area contributed by atoms with Gasteiger partial charge < -0.3 is 24.3 Å². The highest BCUT2D eigenvalue weighted by Crippen LogP contribution is 2.16. The third-order valence-electron chi connectivity index (χ3n) is 5.20. The van der Waals surface area contributed by atoms with Crippen LogP contribution in [0.3, 0.4) is 0 Å². The SMILES string of the molecule is CCOCCCN(CC(=O)N(Cc1ccc(F)cc1)Cc1ccco1)C(=O)Nc1ccc(Cl)cc1. The van der Waals surface area contributed by atoms with Crippen LogP contribution < -0.4 is 5.32 Å². The zero-order valence-electron chi connectivity index (χ0n) is 19.6. The molecule has 7 nitrogen and oxygen atoms in total. The van der Waals surface area contributed by atoms with Crippen LogP contribution in [0.15, 0.2) is 71.3 Å². The molecule has 0 aliphatic heterocycles. The fourth-order valence-electron chi connectivity index (χ4n) is 3.39. The molecule has 0 bridgehead atoms. The molecule has 0 unspecified atom stereocenters. The quantitative estimate of drug-likeness (QED) is 0.330. The van der Waals surface area contributed by atoms with Crippen molar-refractivity contribution >= 4 is 29.2 Å². The predicted octanol–water partition coefficient (Wildman–Crippen LogP) is 5.56. The molecule has 3 amide bonds. The van der Waals surface area contributed by atoms with E-state index in [1.807, 2.05) is 6.92 Å². The predicted molar refractivity (Wildman–Crippen MR) is 133 cm³/mol. The van der Waals surface area contributed by atoms with Crippen LogP contribution in [0.2, 0.25) is 5.02 Å². The van der Waals surface area contributed by atoms with Crippen molar-refractivity contribution in [1.82, 2.24) is 9.80 Å². The lowest BCUT2D eigenvalue weighted by molar-refractivity contribution is -0.133. The average Bonchev–Trinajstić information content (AvgIpc) is 3.36. The minimum atomic E-state index is -0.406. The Morgan fingerprint density at radius 1 is 1.03 bits per heavy atom. The average molecular weight is 502 g/mol. The van der Waals surface area contributed by atoms with Gasteiger partial charge >= 0.3 is 6.03 Å². The Morgan fingerprint density at radius 2 is 1.77 bits per heavy atom. The van der Waals surface area contributed by atoms with Crippen LogP contribution >= 0.6 is 11.6 Å². The van der Waals surface area contributed by atoms with Gasteiger partial charge in [0, 0.05) is 37.0 Å². The summed E-state index contributed by atoms with van der Waals surface area (Å²) in [5.74, 6) is -0.0145. The molecule has 3 rings (SSSR count). The summed E-state index contributed by atoms with van der Waals surface area (Å²) in [7, 11) is 0. The number of carbonyl (C=O) groups is 2. The number of carbonyl (C=O) groups excluding carboxylic acids is 2. The van der Waals surface area contributed by atoms with Gasteiger partial charge in [-0.1, -0.05) is 23.7 Å². The third kappa shape index (κ3) is 8.73. The maximum absolute atomic E-state index is 13.4. The molecule has 0 atom stereocenters. The Kier molecular flexibility index (Phi) is 10.1. The van der Waals surface area contributed by atoms with Gasteiger partial charge in [0.15, 0.2) is 0 Å². The molecule has 0 saturated carbocycles. The number of benzene rings is 2. The molecule has 2 aromatic carbocycles. The molecule has 1 heterocycles. The van der Waals surface area contributed by atoms with E-state index in [0.717, 1.165) is 5.56 Å². The van der Waals surface area contributed by atoms with E-state index in [9.17, 15) is 14.0 Å². The van der Waals surface area contributed by atoms with E-state index in [1.165, 1.54) is 23.3 Å². The van der Waals surface area contributed by atoms with Crippen molar-refractivity contribution in [2.75, 3.05) is 31.6 Å². The highest BCUT2D eigenvalue weighted by molar-refractivity contribution is 6.30. The van der Waals surface area contributed by atoms with Gasteiger partial charge in [0.05, 0.1) is 12.8 Å². The number of anilines is 1. The van der Waals surface area contributed by atoms with Crippen LogP contribution in [0.5, 0.6) is 0 Å². The van der Waals surface area contributed by atoms with E-state index in [0.29, 0.717) is 42.6 Å². The number of hydrogen-bond donors (Lipinski definition) is 1. The largest absolute Gasteiger partial charge is 0.467 e. The summed E-state index contributed by atoms with van der Waals surface area (Å²) in [6.45, 7) is 3.59. The van der Waals surface area contributed by atoms with Crippen LogP contribution in [-0.2, 0) is 22.6 Å². The fourth-order valence-corrected chi connectivity index (χ4v) is 3.51. The second-order valence-electron chi connectivity index (χ2n) is 7.86. The molecular weight excluding hydrogens is 473 g/mol. The molecule has 0 saturated heterocycles. The lowest BCUT2D eigenvalue weighted by Gasteiger charge is -2.27. The lowest BCUT2D eigenvalue weighted by Crippen LogP contribution is -2.44. The van der Waals surface area contributed by atoms with Crippen molar-refractivity contribution < 1.29 is 23.1 Å². The first-order chi connectivity index (χ1) is 16.9. The van der Waals surface area contributed by atoms with Crippen molar-refractivity contribution in [1.29, 1.82) is 0 Å². The van der Waals surface area contributed by atoms with E-state index >= 15 is 0 Å². The standard InChI is InChI=1S/C26H29ClFN3O4/c1-2-34-15-4-14-30(26(33)29-23-12-8-21(27)9-13-23)19-25(32)31(18-24-5-3-16-35-24)17-20-6-10-22(28)11-7-20/h3,5-13,16H,2,4,14-15,17-19H2,1H3,(H,29,33). The molecule has 0 aliphatic carbocycles. The first-order valence-electron chi connectivity index (χ1n) is 11.4. The Bertz CT molecular complexity index is 1060. The van der Waals surface area contributed by atoms with E-state index in [1.54, 1.807) is 53.4 Å².